The van der Waals surface area contributed by atoms with Gasteiger partial charge in [-0.2, -0.15) is 0 Å². The van der Waals surface area contributed by atoms with Crippen LogP contribution in [-0.4, -0.2) is 47.6 Å². The van der Waals surface area contributed by atoms with E-state index in [-0.39, 0.29) is 24.2 Å². The summed E-state index contributed by atoms with van der Waals surface area (Å²) in [7, 11) is 0. The summed E-state index contributed by atoms with van der Waals surface area (Å²) in [5.74, 6) is -0.624. The minimum Gasteiger partial charge on any atom is -0.392 e. The standard InChI is InChI=1S/C22H23FN2O3/c23-18-4-1-3-17(13-18)15-5-7-16(8-6-15)20(27)25-12-9-19(26)22(14-25)10-2-11-24-21(22)28/h1,3-8,13,19,26H,2,9-12,14H2,(H,24,28)/t19-,22-/m1/s1. The Balaban J connectivity index is 1.53. The fraction of sp³-hybridized carbons (Fsp3) is 0.364. The Morgan fingerprint density at radius 2 is 1.96 bits per heavy atom. The first-order valence-electron chi connectivity index (χ1n) is 9.61. The molecule has 5 nitrogen and oxygen atoms in total. The number of nitrogens with one attached hydrogen (secondary N) is 1. The lowest BCUT2D eigenvalue weighted by molar-refractivity contribution is -0.147. The fourth-order valence-corrected chi connectivity index (χ4v) is 4.27. The van der Waals surface area contributed by atoms with Gasteiger partial charge in [0.25, 0.3) is 5.91 Å². The van der Waals surface area contributed by atoms with E-state index in [9.17, 15) is 19.1 Å². The third-order valence-electron chi connectivity index (χ3n) is 5.90. The highest BCUT2D eigenvalue weighted by molar-refractivity contribution is 5.95. The normalized spacial score (nSPS) is 24.9. The number of likely N-dealkylation sites (tertiary alicyclic amines) is 1. The van der Waals surface area contributed by atoms with Crippen molar-refractivity contribution >= 4 is 11.8 Å². The lowest BCUT2D eigenvalue weighted by Crippen LogP contribution is -2.62. The molecule has 28 heavy (non-hydrogen) atoms. The first-order chi connectivity index (χ1) is 13.5. The van der Waals surface area contributed by atoms with Crippen LogP contribution >= 0.6 is 0 Å². The number of carbonyl (C=O) groups excluding carboxylic acids is 2. The summed E-state index contributed by atoms with van der Waals surface area (Å²) in [4.78, 5) is 27.1. The van der Waals surface area contributed by atoms with Crippen LogP contribution in [0.1, 0.15) is 29.6 Å². The molecule has 0 unspecified atom stereocenters. The summed E-state index contributed by atoms with van der Waals surface area (Å²) in [6.07, 6.45) is 1.04. The van der Waals surface area contributed by atoms with Crippen molar-refractivity contribution < 1.29 is 19.1 Å². The number of rotatable bonds is 2. The van der Waals surface area contributed by atoms with E-state index >= 15 is 0 Å². The molecule has 2 fully saturated rings. The van der Waals surface area contributed by atoms with Crippen LogP contribution in [0.15, 0.2) is 48.5 Å². The molecule has 1 spiro atoms. The van der Waals surface area contributed by atoms with Gasteiger partial charge in [0, 0.05) is 25.2 Å². The molecular formula is C22H23FN2O3. The number of carbonyl (C=O) groups is 2. The van der Waals surface area contributed by atoms with Gasteiger partial charge < -0.3 is 15.3 Å². The third-order valence-corrected chi connectivity index (χ3v) is 5.90. The zero-order chi connectivity index (χ0) is 19.7. The lowest BCUT2D eigenvalue weighted by Gasteiger charge is -2.46. The largest absolute Gasteiger partial charge is 0.392 e. The summed E-state index contributed by atoms with van der Waals surface area (Å²) in [5, 5.41) is 13.3. The predicted octanol–water partition coefficient (Wildman–Crippen LogP) is 2.60. The average molecular weight is 382 g/mol. The Bertz CT molecular complexity index is 899. The predicted molar refractivity (Wildman–Crippen MR) is 103 cm³/mol. The Morgan fingerprint density at radius 1 is 1.18 bits per heavy atom. The molecule has 0 bridgehead atoms. The molecule has 4 rings (SSSR count). The van der Waals surface area contributed by atoms with E-state index in [4.69, 9.17) is 0 Å². The van der Waals surface area contributed by atoms with Crippen molar-refractivity contribution in [1.29, 1.82) is 0 Å². The number of piperidine rings is 2. The molecule has 0 aliphatic carbocycles. The van der Waals surface area contributed by atoms with Gasteiger partial charge in [0.05, 0.1) is 11.5 Å². The zero-order valence-corrected chi connectivity index (χ0v) is 15.5. The molecule has 2 heterocycles. The summed E-state index contributed by atoms with van der Waals surface area (Å²) in [6, 6.07) is 13.3. The molecule has 2 amide bonds. The van der Waals surface area contributed by atoms with Crippen molar-refractivity contribution in [2.75, 3.05) is 19.6 Å². The van der Waals surface area contributed by atoms with E-state index in [0.29, 0.717) is 31.5 Å². The quantitative estimate of drug-likeness (QED) is 0.839. The minimum atomic E-state index is -0.909. The van der Waals surface area contributed by atoms with Gasteiger partial charge in [-0.1, -0.05) is 24.3 Å². The smallest absolute Gasteiger partial charge is 0.253 e. The van der Waals surface area contributed by atoms with E-state index in [2.05, 4.69) is 5.32 Å². The van der Waals surface area contributed by atoms with Crippen LogP contribution in [0.25, 0.3) is 11.1 Å². The van der Waals surface area contributed by atoms with E-state index in [1.807, 2.05) is 6.07 Å². The maximum Gasteiger partial charge on any atom is 0.253 e. The van der Waals surface area contributed by atoms with Crippen molar-refractivity contribution in [2.45, 2.75) is 25.4 Å². The van der Waals surface area contributed by atoms with E-state index in [1.54, 1.807) is 35.2 Å². The molecule has 2 aliphatic heterocycles. The highest BCUT2D eigenvalue weighted by Gasteiger charge is 2.50. The van der Waals surface area contributed by atoms with Gasteiger partial charge in [-0.25, -0.2) is 4.39 Å². The molecule has 0 radical (unpaired) electrons. The van der Waals surface area contributed by atoms with E-state index < -0.39 is 11.5 Å². The molecule has 0 saturated carbocycles. The van der Waals surface area contributed by atoms with Gasteiger partial charge in [0.1, 0.15) is 5.82 Å². The van der Waals surface area contributed by atoms with Crippen molar-refractivity contribution in [3.8, 4) is 11.1 Å². The number of aliphatic hydroxyl groups excluding tert-OH is 1. The van der Waals surface area contributed by atoms with Crippen LogP contribution in [0, 0.1) is 11.2 Å². The Hall–Kier alpha value is -2.73. The number of hydrogen-bond donors (Lipinski definition) is 2. The van der Waals surface area contributed by atoms with Crippen LogP contribution in [0.2, 0.25) is 0 Å². The Kier molecular flexibility index (Phi) is 4.89. The van der Waals surface area contributed by atoms with Crippen molar-refractivity contribution in [3.05, 3.63) is 59.9 Å². The number of benzene rings is 2. The minimum absolute atomic E-state index is 0.157. The van der Waals surface area contributed by atoms with Crippen molar-refractivity contribution in [3.63, 3.8) is 0 Å². The van der Waals surface area contributed by atoms with Gasteiger partial charge >= 0.3 is 0 Å². The molecule has 146 valence electrons. The van der Waals surface area contributed by atoms with Gasteiger partial charge in [-0.3, -0.25) is 9.59 Å². The van der Waals surface area contributed by atoms with Gasteiger partial charge in [-0.15, -0.1) is 0 Å². The van der Waals surface area contributed by atoms with Crippen LogP contribution in [-0.2, 0) is 4.79 Å². The highest BCUT2D eigenvalue weighted by Crippen LogP contribution is 2.37. The van der Waals surface area contributed by atoms with Gasteiger partial charge in [0.2, 0.25) is 5.91 Å². The zero-order valence-electron chi connectivity index (χ0n) is 15.5. The Morgan fingerprint density at radius 3 is 2.68 bits per heavy atom. The van der Waals surface area contributed by atoms with Crippen molar-refractivity contribution in [2.24, 2.45) is 5.41 Å². The second kappa shape index (κ2) is 7.36. The SMILES string of the molecule is O=C(c1ccc(-c2cccc(F)c2)cc1)N1CC[C@@H](O)[C@@]2(CCCNC2=O)C1. The summed E-state index contributed by atoms with van der Waals surface area (Å²) in [5.41, 5.74) is 1.18. The molecule has 2 aromatic rings. The first kappa shape index (κ1) is 18.6. The topological polar surface area (TPSA) is 69.6 Å². The maximum absolute atomic E-state index is 13.4. The van der Waals surface area contributed by atoms with Crippen LogP contribution in [0.3, 0.4) is 0 Å². The van der Waals surface area contributed by atoms with Gasteiger partial charge in [-0.05, 0) is 54.7 Å². The Labute approximate surface area is 163 Å². The molecule has 2 aromatic carbocycles. The number of halogens is 1. The van der Waals surface area contributed by atoms with Crippen LogP contribution in [0.4, 0.5) is 4.39 Å². The number of hydrogen-bond acceptors (Lipinski definition) is 3. The number of nitrogens with zero attached hydrogens (tertiary/aromatic N) is 1. The molecule has 2 N–H and O–H groups in total. The number of aliphatic hydroxyl groups is 1. The average Bonchev–Trinajstić information content (AvgIpc) is 2.72. The molecule has 2 aliphatic rings. The molecular weight excluding hydrogens is 359 g/mol. The molecule has 2 atom stereocenters. The van der Waals surface area contributed by atoms with E-state index in [1.165, 1.54) is 12.1 Å². The first-order valence-corrected chi connectivity index (χ1v) is 9.61. The second-order valence-electron chi connectivity index (χ2n) is 7.63. The number of amides is 2. The summed E-state index contributed by atoms with van der Waals surface area (Å²) < 4.78 is 13.4. The molecule has 6 heteroatoms. The molecule has 2 saturated heterocycles. The summed E-state index contributed by atoms with van der Waals surface area (Å²) in [6.45, 7) is 1.26. The fourth-order valence-electron chi connectivity index (χ4n) is 4.27. The van der Waals surface area contributed by atoms with Crippen LogP contribution < -0.4 is 5.32 Å². The third kappa shape index (κ3) is 3.29. The van der Waals surface area contributed by atoms with Crippen LogP contribution in [0.5, 0.6) is 0 Å². The highest BCUT2D eigenvalue weighted by atomic mass is 19.1. The van der Waals surface area contributed by atoms with E-state index in [0.717, 1.165) is 17.5 Å². The second-order valence-corrected chi connectivity index (χ2v) is 7.63. The molecule has 0 aromatic heterocycles. The maximum atomic E-state index is 13.4. The van der Waals surface area contributed by atoms with Gasteiger partial charge in [0.15, 0.2) is 0 Å². The summed E-state index contributed by atoms with van der Waals surface area (Å²) >= 11 is 0. The monoisotopic (exact) mass is 382 g/mol. The lowest BCUT2D eigenvalue weighted by atomic mass is 9.71. The van der Waals surface area contributed by atoms with Crippen molar-refractivity contribution in [1.82, 2.24) is 10.2 Å².